The third kappa shape index (κ3) is 4.14. The molecular formula is C17H20BrNO2. The minimum absolute atomic E-state index is 0. The summed E-state index contributed by atoms with van der Waals surface area (Å²) in [4.78, 5) is 11.4. The van der Waals surface area contributed by atoms with Crippen molar-refractivity contribution in [3.8, 4) is 0 Å². The Balaban J connectivity index is 0.00000220. The second-order valence-electron chi connectivity index (χ2n) is 5.09. The molecule has 0 N–H and O–H groups in total. The number of hydrogen-bond acceptors (Lipinski definition) is 2. The van der Waals surface area contributed by atoms with Crippen LogP contribution >= 0.6 is 0 Å². The van der Waals surface area contributed by atoms with Gasteiger partial charge in [-0.1, -0.05) is 12.1 Å². The molecule has 0 aliphatic rings. The number of benzene rings is 1. The van der Waals surface area contributed by atoms with Gasteiger partial charge in [0, 0.05) is 31.5 Å². The highest BCUT2D eigenvalue weighted by molar-refractivity contribution is 5.89. The van der Waals surface area contributed by atoms with Crippen LogP contribution in [0.1, 0.15) is 32.9 Å². The first kappa shape index (κ1) is 17.4. The molecular weight excluding hydrogens is 330 g/mol. The number of aromatic nitrogens is 1. The number of methoxy groups -OCH3 is 1. The first-order valence-electron chi connectivity index (χ1n) is 6.66. The van der Waals surface area contributed by atoms with Crippen molar-refractivity contribution < 1.29 is 31.1 Å². The highest BCUT2D eigenvalue weighted by Gasteiger charge is 2.13. The van der Waals surface area contributed by atoms with Crippen molar-refractivity contribution in [1.82, 2.24) is 0 Å². The summed E-state index contributed by atoms with van der Waals surface area (Å²) >= 11 is 0. The van der Waals surface area contributed by atoms with E-state index in [1.54, 1.807) is 12.1 Å². The lowest BCUT2D eigenvalue weighted by atomic mass is 10.1. The summed E-state index contributed by atoms with van der Waals surface area (Å²) in [7, 11) is 1.39. The van der Waals surface area contributed by atoms with Crippen LogP contribution in [0.25, 0.3) is 0 Å². The molecule has 0 amide bonds. The average molecular weight is 350 g/mol. The fraction of sp³-hybridized carbons (Fsp3) is 0.294. The number of aryl methyl sites for hydroxylation is 3. The predicted molar refractivity (Wildman–Crippen MR) is 77.7 cm³/mol. The molecule has 4 heteroatoms. The molecule has 0 fully saturated rings. The quantitative estimate of drug-likeness (QED) is 0.564. The SMILES string of the molecule is COC(=O)c1ccc(C[n+]2c(C)cc(C)cc2C)cc1.[Br-]. The number of carbonyl (C=O) groups excluding carboxylic acids is 1. The molecule has 0 unspecified atom stereocenters. The lowest BCUT2D eigenvalue weighted by Crippen LogP contribution is -3.00. The van der Waals surface area contributed by atoms with Crippen LogP contribution in [0, 0.1) is 20.8 Å². The van der Waals surface area contributed by atoms with Crippen LogP contribution in [-0.2, 0) is 11.3 Å². The Hall–Kier alpha value is -1.68. The first-order chi connectivity index (χ1) is 9.51. The van der Waals surface area contributed by atoms with Gasteiger partial charge in [-0.3, -0.25) is 0 Å². The molecule has 3 nitrogen and oxygen atoms in total. The van der Waals surface area contributed by atoms with Crippen LogP contribution in [-0.4, -0.2) is 13.1 Å². The summed E-state index contributed by atoms with van der Waals surface area (Å²) in [6, 6.07) is 11.9. The summed E-state index contributed by atoms with van der Waals surface area (Å²) < 4.78 is 6.97. The van der Waals surface area contributed by atoms with Crippen LogP contribution in [0.5, 0.6) is 0 Å². The second-order valence-corrected chi connectivity index (χ2v) is 5.09. The third-order valence-electron chi connectivity index (χ3n) is 3.44. The van der Waals surface area contributed by atoms with Gasteiger partial charge in [0.1, 0.15) is 0 Å². The molecule has 0 bridgehead atoms. The molecule has 0 saturated carbocycles. The zero-order valence-corrected chi connectivity index (χ0v) is 14.4. The van der Waals surface area contributed by atoms with Gasteiger partial charge in [-0.15, -0.1) is 0 Å². The molecule has 1 heterocycles. The van der Waals surface area contributed by atoms with Crippen molar-refractivity contribution in [3.05, 3.63) is 64.5 Å². The van der Waals surface area contributed by atoms with E-state index in [4.69, 9.17) is 4.74 Å². The zero-order valence-electron chi connectivity index (χ0n) is 12.8. The van der Waals surface area contributed by atoms with Crippen molar-refractivity contribution in [2.75, 3.05) is 7.11 Å². The highest BCUT2D eigenvalue weighted by Crippen LogP contribution is 2.08. The molecule has 21 heavy (non-hydrogen) atoms. The largest absolute Gasteiger partial charge is 1.00 e. The molecule has 0 saturated heterocycles. The van der Waals surface area contributed by atoms with Gasteiger partial charge in [-0.2, -0.15) is 4.57 Å². The Morgan fingerprint density at radius 3 is 2.05 bits per heavy atom. The molecule has 2 rings (SSSR count). The van der Waals surface area contributed by atoms with E-state index in [2.05, 4.69) is 37.5 Å². The maximum Gasteiger partial charge on any atom is 0.337 e. The molecule has 0 aliphatic carbocycles. The van der Waals surface area contributed by atoms with Gasteiger partial charge in [0.05, 0.1) is 12.7 Å². The monoisotopic (exact) mass is 349 g/mol. The second kappa shape index (κ2) is 7.36. The summed E-state index contributed by atoms with van der Waals surface area (Å²) in [5.74, 6) is -0.299. The molecule has 0 atom stereocenters. The summed E-state index contributed by atoms with van der Waals surface area (Å²) in [6.07, 6.45) is 0. The summed E-state index contributed by atoms with van der Waals surface area (Å²) in [6.45, 7) is 7.14. The van der Waals surface area contributed by atoms with Gasteiger partial charge in [0.25, 0.3) is 0 Å². The number of ether oxygens (including phenoxy) is 1. The number of hydrogen-bond donors (Lipinski definition) is 0. The zero-order chi connectivity index (χ0) is 14.7. The normalized spacial score (nSPS) is 9.90. The lowest BCUT2D eigenvalue weighted by molar-refractivity contribution is -0.700. The van der Waals surface area contributed by atoms with Crippen molar-refractivity contribution in [3.63, 3.8) is 0 Å². The third-order valence-corrected chi connectivity index (χ3v) is 3.44. The van der Waals surface area contributed by atoms with Crippen LogP contribution in [0.15, 0.2) is 36.4 Å². The smallest absolute Gasteiger partial charge is 0.337 e. The van der Waals surface area contributed by atoms with Crippen molar-refractivity contribution in [2.45, 2.75) is 27.3 Å². The standard InChI is InChI=1S/C17H20NO2.BrH/c1-12-9-13(2)18(14(3)10-12)11-15-5-7-16(8-6-15)17(19)20-4;/h5-10H,11H2,1-4H3;1H/q+1;/p-1. The van der Waals surface area contributed by atoms with Gasteiger partial charge in [-0.25, -0.2) is 4.79 Å². The van der Waals surface area contributed by atoms with Gasteiger partial charge in [-0.05, 0) is 24.6 Å². The Morgan fingerprint density at radius 1 is 1.05 bits per heavy atom. The molecule has 0 aliphatic heterocycles. The van der Waals surface area contributed by atoms with Crippen molar-refractivity contribution in [1.29, 1.82) is 0 Å². The molecule has 1 aromatic heterocycles. The maximum absolute atomic E-state index is 11.4. The number of rotatable bonds is 3. The topological polar surface area (TPSA) is 30.2 Å². The number of esters is 1. The van der Waals surface area contributed by atoms with Crippen molar-refractivity contribution in [2.24, 2.45) is 0 Å². The van der Waals surface area contributed by atoms with Gasteiger partial charge in [0.2, 0.25) is 0 Å². The minimum atomic E-state index is -0.299. The van der Waals surface area contributed by atoms with E-state index in [0.29, 0.717) is 5.56 Å². The fourth-order valence-electron chi connectivity index (χ4n) is 2.43. The van der Waals surface area contributed by atoms with E-state index >= 15 is 0 Å². The molecule has 0 radical (unpaired) electrons. The van der Waals surface area contributed by atoms with E-state index in [-0.39, 0.29) is 23.0 Å². The summed E-state index contributed by atoms with van der Waals surface area (Å²) in [5.41, 5.74) is 5.49. The summed E-state index contributed by atoms with van der Waals surface area (Å²) in [5, 5.41) is 0. The Morgan fingerprint density at radius 2 is 1.57 bits per heavy atom. The Bertz CT molecular complexity index is 613. The number of halogens is 1. The minimum Gasteiger partial charge on any atom is -1.00 e. The van der Waals surface area contributed by atoms with Crippen molar-refractivity contribution >= 4 is 5.97 Å². The number of nitrogens with zero attached hydrogens (tertiary/aromatic N) is 1. The van der Waals surface area contributed by atoms with Gasteiger partial charge >= 0.3 is 5.97 Å². The van der Waals surface area contributed by atoms with Gasteiger partial charge < -0.3 is 21.7 Å². The molecule has 112 valence electrons. The lowest BCUT2D eigenvalue weighted by Gasteiger charge is -2.06. The van der Waals surface area contributed by atoms with E-state index < -0.39 is 0 Å². The van der Waals surface area contributed by atoms with E-state index in [0.717, 1.165) is 12.1 Å². The highest BCUT2D eigenvalue weighted by atomic mass is 79.9. The van der Waals surface area contributed by atoms with Gasteiger partial charge in [0.15, 0.2) is 17.9 Å². The number of carbonyl (C=O) groups is 1. The average Bonchev–Trinajstić information content (AvgIpc) is 2.42. The first-order valence-corrected chi connectivity index (χ1v) is 6.66. The maximum atomic E-state index is 11.4. The molecule has 0 spiro atoms. The predicted octanol–water partition coefficient (Wildman–Crippen LogP) is -0.262. The fourth-order valence-corrected chi connectivity index (χ4v) is 2.43. The van der Waals surface area contributed by atoms with E-state index in [9.17, 15) is 4.79 Å². The Kier molecular flexibility index (Phi) is 6.09. The Labute approximate surface area is 136 Å². The van der Waals surface area contributed by atoms with Crippen LogP contribution in [0.4, 0.5) is 0 Å². The molecule has 1 aromatic carbocycles. The van der Waals surface area contributed by atoms with Crippen LogP contribution in [0.2, 0.25) is 0 Å². The van der Waals surface area contributed by atoms with Crippen LogP contribution < -0.4 is 21.5 Å². The van der Waals surface area contributed by atoms with E-state index in [1.807, 2.05) is 12.1 Å². The number of pyridine rings is 1. The molecule has 2 aromatic rings. The van der Waals surface area contributed by atoms with Crippen LogP contribution in [0.3, 0.4) is 0 Å². The van der Waals surface area contributed by atoms with E-state index in [1.165, 1.54) is 24.1 Å².